The Kier molecular flexibility index (Phi) is 8.14. The van der Waals surface area contributed by atoms with Gasteiger partial charge in [-0.1, -0.05) is 30.3 Å². The number of aromatic amines is 2. The van der Waals surface area contributed by atoms with Crippen molar-refractivity contribution in [2.45, 2.75) is 89.9 Å². The minimum absolute atomic E-state index is 0.00480. The largest absolute Gasteiger partial charge is 0.444 e. The van der Waals surface area contributed by atoms with Gasteiger partial charge >= 0.3 is 24.0 Å². The number of imidazole rings is 2. The maximum atomic E-state index is 16.2. The van der Waals surface area contributed by atoms with Crippen LogP contribution in [0.4, 0.5) is 27.2 Å². The number of H-pyrrole nitrogens is 2. The van der Waals surface area contributed by atoms with Gasteiger partial charge in [-0.3, -0.25) is 4.90 Å². The van der Waals surface area contributed by atoms with Gasteiger partial charge in [0, 0.05) is 29.4 Å². The molecule has 3 aromatic heterocycles. The van der Waals surface area contributed by atoms with Crippen molar-refractivity contribution in [1.29, 1.82) is 0 Å². The molecule has 2 fully saturated rings. The van der Waals surface area contributed by atoms with Crippen LogP contribution >= 0.6 is 0 Å². The molecule has 6 aromatic rings. The zero-order valence-corrected chi connectivity index (χ0v) is 32.8. The minimum Gasteiger partial charge on any atom is -0.444 e. The van der Waals surface area contributed by atoms with E-state index in [-0.39, 0.29) is 22.1 Å². The normalized spacial score (nSPS) is 18.9. The first-order valence-electron chi connectivity index (χ1n) is 19.2. The number of nitrogens with zero attached hydrogens (tertiary/aromatic N) is 4. The highest BCUT2D eigenvalue weighted by Gasteiger charge is 2.63. The monoisotopic (exact) mass is 794 g/mol. The van der Waals surface area contributed by atoms with E-state index >= 15 is 17.6 Å². The standard InChI is InChI=1S/C44H42F4N6O4/c1-40(2,3)57-38(55)53-17-7-8-34(53)37-50-31-14-11-25(20-32(31)51-37)24-9-12-27-28-13-10-26(19-30(28)44(47,48)43(45,46)29(27)18-24)33-22-49-36(52-33)35-21-42(15-16-42)23-54(35)39(56)58-41(4,5)6/h7-14,17-20,22,35H,15-16,21,23H2,1-6H3,(H,49,52)(H,50,51)/t35-/m0/s1. The summed E-state index contributed by atoms with van der Waals surface area (Å²) in [6, 6.07) is 16.4. The van der Waals surface area contributed by atoms with E-state index in [2.05, 4.69) is 19.9 Å². The average Bonchev–Trinajstić information content (AvgIpc) is 3.64. The van der Waals surface area contributed by atoms with E-state index in [1.165, 1.54) is 22.9 Å². The number of amides is 1. The van der Waals surface area contributed by atoms with Crippen LogP contribution in [0.5, 0.6) is 0 Å². The molecule has 2 aliphatic carbocycles. The van der Waals surface area contributed by atoms with Gasteiger partial charge in [0.2, 0.25) is 0 Å². The molecule has 0 radical (unpaired) electrons. The van der Waals surface area contributed by atoms with E-state index in [0.29, 0.717) is 58.2 Å². The van der Waals surface area contributed by atoms with Crippen molar-refractivity contribution in [3.63, 3.8) is 0 Å². The second-order valence-electron chi connectivity index (χ2n) is 17.7. The summed E-state index contributed by atoms with van der Waals surface area (Å²) in [5.41, 5.74) is 0.0679. The molecular weight excluding hydrogens is 753 g/mol. The van der Waals surface area contributed by atoms with E-state index in [1.54, 1.807) is 95.1 Å². The van der Waals surface area contributed by atoms with Gasteiger partial charge in [0.1, 0.15) is 17.0 Å². The highest BCUT2D eigenvalue weighted by molar-refractivity contribution is 5.87. The topological polar surface area (TPSA) is 118 Å². The summed E-state index contributed by atoms with van der Waals surface area (Å²) in [7, 11) is 0. The fourth-order valence-electron chi connectivity index (χ4n) is 8.12. The molecule has 3 aliphatic rings. The average molecular weight is 795 g/mol. The molecule has 1 aliphatic heterocycles. The predicted molar refractivity (Wildman–Crippen MR) is 209 cm³/mol. The van der Waals surface area contributed by atoms with Gasteiger partial charge in [0.05, 0.1) is 34.7 Å². The zero-order chi connectivity index (χ0) is 41.2. The number of benzene rings is 3. The minimum atomic E-state index is -4.55. The molecule has 2 N–H and O–H groups in total. The van der Waals surface area contributed by atoms with Gasteiger partial charge in [0.15, 0.2) is 5.82 Å². The number of ether oxygens (including phenoxy) is 2. The smallest absolute Gasteiger partial charge is 0.419 e. The summed E-state index contributed by atoms with van der Waals surface area (Å²) >= 11 is 0. The first-order valence-corrected chi connectivity index (χ1v) is 19.2. The third-order valence-electron chi connectivity index (χ3n) is 11.1. The first kappa shape index (κ1) is 37.6. The van der Waals surface area contributed by atoms with Gasteiger partial charge < -0.3 is 19.4 Å². The summed E-state index contributed by atoms with van der Waals surface area (Å²) < 4.78 is 77.1. The van der Waals surface area contributed by atoms with Gasteiger partial charge in [0.25, 0.3) is 0 Å². The van der Waals surface area contributed by atoms with E-state index in [1.807, 2.05) is 0 Å². The molecule has 0 unspecified atom stereocenters. The van der Waals surface area contributed by atoms with Gasteiger partial charge in [-0.15, -0.1) is 0 Å². The van der Waals surface area contributed by atoms with E-state index < -0.39 is 52.4 Å². The number of carbonyl (C=O) groups is 2. The molecule has 1 saturated carbocycles. The lowest BCUT2D eigenvalue weighted by molar-refractivity contribution is -0.225. The SMILES string of the molecule is CC(C)(C)OC(=O)N1CC2(CC2)C[C@H]1c1ncc(-c2ccc3c(c2)C(F)(F)C(F)(F)c2cc(-c4ccc5nc(-c6cccn6C(=O)OC(C)(C)C)[nH]c5c4)ccc2-3)[nH]1. The molecule has 300 valence electrons. The van der Waals surface area contributed by atoms with Crippen LogP contribution in [0.1, 0.15) is 83.8 Å². The summed E-state index contributed by atoms with van der Waals surface area (Å²) in [6.45, 7) is 11.2. The molecule has 10 nitrogen and oxygen atoms in total. The van der Waals surface area contributed by atoms with Crippen LogP contribution in [0.2, 0.25) is 0 Å². The van der Waals surface area contributed by atoms with Crippen LogP contribution in [0.25, 0.3) is 56.1 Å². The molecule has 1 atom stereocenters. The first-order chi connectivity index (χ1) is 27.2. The third-order valence-corrected chi connectivity index (χ3v) is 11.1. The lowest BCUT2D eigenvalue weighted by Crippen LogP contribution is -2.39. The highest BCUT2D eigenvalue weighted by atomic mass is 19.3. The molecule has 14 heteroatoms. The number of hydrogen-bond donors (Lipinski definition) is 2. The Morgan fingerprint density at radius 3 is 2.03 bits per heavy atom. The quantitative estimate of drug-likeness (QED) is 0.172. The molecule has 9 rings (SSSR count). The molecule has 1 spiro atoms. The van der Waals surface area contributed by atoms with Gasteiger partial charge in [-0.25, -0.2) is 24.1 Å². The van der Waals surface area contributed by atoms with Crippen molar-refractivity contribution in [2.75, 3.05) is 6.54 Å². The molecular formula is C44H42F4N6O4. The number of alkyl halides is 4. The van der Waals surface area contributed by atoms with Crippen molar-refractivity contribution >= 4 is 23.2 Å². The Hall–Kier alpha value is -5.92. The summed E-state index contributed by atoms with van der Waals surface area (Å²) in [5, 5.41) is 0. The van der Waals surface area contributed by atoms with Crippen LogP contribution in [0.15, 0.2) is 79.1 Å². The number of fused-ring (bicyclic) bond motifs is 4. The van der Waals surface area contributed by atoms with Crippen molar-refractivity contribution in [2.24, 2.45) is 5.41 Å². The number of halogens is 4. The fraction of sp³-hybridized carbons (Fsp3) is 0.364. The lowest BCUT2D eigenvalue weighted by atomic mass is 9.78. The van der Waals surface area contributed by atoms with Crippen molar-refractivity contribution in [1.82, 2.24) is 29.4 Å². The van der Waals surface area contributed by atoms with E-state index in [4.69, 9.17) is 9.47 Å². The number of carbonyl (C=O) groups excluding carboxylic acids is 2. The Morgan fingerprint density at radius 1 is 0.776 bits per heavy atom. The Balaban J connectivity index is 1.02. The second-order valence-corrected chi connectivity index (χ2v) is 17.7. The van der Waals surface area contributed by atoms with Crippen LogP contribution in [-0.4, -0.2) is 59.3 Å². The summed E-state index contributed by atoms with van der Waals surface area (Å²) in [5.74, 6) is -8.22. The summed E-state index contributed by atoms with van der Waals surface area (Å²) in [6.07, 6.45) is 4.69. The number of rotatable bonds is 4. The Bertz CT molecular complexity index is 2640. The van der Waals surface area contributed by atoms with Crippen molar-refractivity contribution in [3.05, 3.63) is 96.1 Å². The van der Waals surface area contributed by atoms with E-state index in [9.17, 15) is 9.59 Å². The predicted octanol–water partition coefficient (Wildman–Crippen LogP) is 11.2. The van der Waals surface area contributed by atoms with Crippen LogP contribution < -0.4 is 0 Å². The molecule has 3 aromatic carbocycles. The van der Waals surface area contributed by atoms with Crippen LogP contribution in [-0.2, 0) is 21.3 Å². The molecule has 1 saturated heterocycles. The second kappa shape index (κ2) is 12.5. The Labute approximate surface area is 331 Å². The number of likely N-dealkylation sites (tertiary alicyclic amines) is 1. The van der Waals surface area contributed by atoms with E-state index in [0.717, 1.165) is 25.0 Å². The number of nitrogens with one attached hydrogen (secondary N) is 2. The molecule has 1 amide bonds. The maximum Gasteiger partial charge on any atom is 0.419 e. The van der Waals surface area contributed by atoms with Gasteiger partial charge in [-0.2, -0.15) is 17.6 Å². The lowest BCUT2D eigenvalue weighted by Gasteiger charge is -2.35. The third kappa shape index (κ3) is 6.33. The van der Waals surface area contributed by atoms with Crippen LogP contribution in [0, 0.1) is 5.41 Å². The molecule has 0 bridgehead atoms. The van der Waals surface area contributed by atoms with Crippen LogP contribution in [0.3, 0.4) is 0 Å². The van der Waals surface area contributed by atoms with Gasteiger partial charge in [-0.05, 0) is 125 Å². The summed E-state index contributed by atoms with van der Waals surface area (Å²) in [4.78, 5) is 43.2. The Morgan fingerprint density at radius 2 is 1.38 bits per heavy atom. The number of aromatic nitrogens is 5. The maximum absolute atomic E-state index is 16.2. The zero-order valence-electron chi connectivity index (χ0n) is 32.8. The molecule has 4 heterocycles. The van der Waals surface area contributed by atoms with Crippen molar-refractivity contribution < 1.29 is 36.6 Å². The molecule has 58 heavy (non-hydrogen) atoms. The highest BCUT2D eigenvalue weighted by Crippen LogP contribution is 2.60. The number of hydrogen-bond acceptors (Lipinski definition) is 6. The fourth-order valence-corrected chi connectivity index (χ4v) is 8.12. The van der Waals surface area contributed by atoms with Crippen molar-refractivity contribution in [3.8, 4) is 45.0 Å².